The fourth-order valence-corrected chi connectivity index (χ4v) is 2.91. The third-order valence-corrected chi connectivity index (χ3v) is 4.29. The van der Waals surface area contributed by atoms with Crippen LogP contribution >= 0.6 is 31.9 Å². The Morgan fingerprint density at radius 3 is 2.41 bits per heavy atom. The van der Waals surface area contributed by atoms with Crippen LogP contribution in [0.3, 0.4) is 0 Å². The van der Waals surface area contributed by atoms with Crippen LogP contribution in [0.4, 0.5) is 0 Å². The number of alkyl halides is 1. The molecule has 1 aromatic rings. The van der Waals surface area contributed by atoms with Crippen molar-refractivity contribution in [3.63, 3.8) is 0 Å². The summed E-state index contributed by atoms with van der Waals surface area (Å²) < 4.78 is 1.11. The monoisotopic (exact) mass is 360 g/mol. The summed E-state index contributed by atoms with van der Waals surface area (Å²) in [5.41, 5.74) is 2.09. The molecule has 17 heavy (non-hydrogen) atoms. The van der Waals surface area contributed by atoms with Gasteiger partial charge in [0.2, 0.25) is 0 Å². The molecule has 3 heteroatoms. The maximum atomic E-state index is 12.1. The standard InChI is InChI=1S/C14H18Br2O/c1-9-7-10(5-6-11(9)15)8-12(16)13(17)14(2,3)4/h5-7,12H,8H2,1-4H3. The van der Waals surface area contributed by atoms with E-state index in [2.05, 4.69) is 50.9 Å². The highest BCUT2D eigenvalue weighted by Gasteiger charge is 2.27. The van der Waals surface area contributed by atoms with Gasteiger partial charge in [0, 0.05) is 9.89 Å². The number of rotatable bonds is 3. The van der Waals surface area contributed by atoms with Crippen LogP contribution in [-0.4, -0.2) is 10.6 Å². The normalized spacial score (nSPS) is 13.5. The summed E-state index contributed by atoms with van der Waals surface area (Å²) in [5.74, 6) is 0.248. The SMILES string of the molecule is Cc1cc(CC(Br)C(=O)C(C)(C)C)ccc1Br. The summed E-state index contributed by atoms with van der Waals surface area (Å²) in [6.07, 6.45) is 0.740. The molecule has 0 saturated carbocycles. The Labute approximate surface area is 120 Å². The maximum Gasteiger partial charge on any atom is 0.152 e. The van der Waals surface area contributed by atoms with Crippen molar-refractivity contribution in [1.29, 1.82) is 0 Å². The number of halogens is 2. The van der Waals surface area contributed by atoms with E-state index in [1.165, 1.54) is 11.1 Å². The van der Waals surface area contributed by atoms with Gasteiger partial charge in [0.05, 0.1) is 4.83 Å². The average Bonchev–Trinajstić information content (AvgIpc) is 2.21. The molecule has 0 heterocycles. The molecule has 0 aliphatic heterocycles. The minimum absolute atomic E-state index is 0.108. The summed E-state index contributed by atoms with van der Waals surface area (Å²) in [4.78, 5) is 12.0. The number of carbonyl (C=O) groups excluding carboxylic acids is 1. The van der Waals surface area contributed by atoms with Crippen molar-refractivity contribution < 1.29 is 4.79 Å². The van der Waals surface area contributed by atoms with Crippen LogP contribution in [0.1, 0.15) is 31.9 Å². The van der Waals surface area contributed by atoms with Crippen LogP contribution in [-0.2, 0) is 11.2 Å². The van der Waals surface area contributed by atoms with E-state index < -0.39 is 0 Å². The molecule has 0 amide bonds. The first-order chi connectivity index (χ1) is 7.71. The zero-order chi connectivity index (χ0) is 13.2. The molecule has 0 aliphatic carbocycles. The van der Waals surface area contributed by atoms with Crippen LogP contribution in [0.5, 0.6) is 0 Å². The Kier molecular flexibility index (Phi) is 4.96. The van der Waals surface area contributed by atoms with Gasteiger partial charge in [0.15, 0.2) is 5.78 Å². The van der Waals surface area contributed by atoms with E-state index in [0.717, 1.165) is 10.9 Å². The number of benzene rings is 1. The predicted molar refractivity (Wildman–Crippen MR) is 79.8 cm³/mol. The van der Waals surface area contributed by atoms with Gasteiger partial charge in [-0.1, -0.05) is 64.8 Å². The molecule has 0 N–H and O–H groups in total. The van der Waals surface area contributed by atoms with Crippen molar-refractivity contribution >= 4 is 37.6 Å². The van der Waals surface area contributed by atoms with Crippen molar-refractivity contribution in [2.75, 3.05) is 0 Å². The molecule has 1 aromatic carbocycles. The van der Waals surface area contributed by atoms with Gasteiger partial charge in [0.1, 0.15) is 0 Å². The topological polar surface area (TPSA) is 17.1 Å². The molecule has 0 aliphatic rings. The van der Waals surface area contributed by atoms with Crippen molar-refractivity contribution in [2.45, 2.75) is 38.9 Å². The van der Waals surface area contributed by atoms with E-state index in [-0.39, 0.29) is 16.0 Å². The lowest BCUT2D eigenvalue weighted by Gasteiger charge is -2.20. The van der Waals surface area contributed by atoms with Crippen LogP contribution in [0.2, 0.25) is 0 Å². The number of carbonyl (C=O) groups is 1. The molecule has 0 radical (unpaired) electrons. The molecule has 1 rings (SSSR count). The zero-order valence-electron chi connectivity index (χ0n) is 10.7. The highest BCUT2D eigenvalue weighted by molar-refractivity contribution is 9.10. The summed E-state index contributed by atoms with van der Waals surface area (Å²) >= 11 is 6.98. The van der Waals surface area contributed by atoms with Gasteiger partial charge in [-0.05, 0) is 30.5 Å². The van der Waals surface area contributed by atoms with Gasteiger partial charge in [-0.2, -0.15) is 0 Å². The first-order valence-electron chi connectivity index (χ1n) is 5.65. The molecule has 0 saturated heterocycles. The van der Waals surface area contributed by atoms with E-state index in [4.69, 9.17) is 0 Å². The molecule has 94 valence electrons. The number of hydrogen-bond donors (Lipinski definition) is 0. The maximum absolute atomic E-state index is 12.1. The lowest BCUT2D eigenvalue weighted by atomic mass is 9.87. The molecule has 1 nitrogen and oxygen atoms in total. The van der Waals surface area contributed by atoms with Gasteiger partial charge >= 0.3 is 0 Å². The first-order valence-corrected chi connectivity index (χ1v) is 7.36. The molecular weight excluding hydrogens is 344 g/mol. The van der Waals surface area contributed by atoms with E-state index in [1.807, 2.05) is 26.8 Å². The number of hydrogen-bond acceptors (Lipinski definition) is 1. The second kappa shape index (κ2) is 5.66. The number of aryl methyl sites for hydroxylation is 1. The molecule has 1 unspecified atom stereocenters. The van der Waals surface area contributed by atoms with Crippen molar-refractivity contribution in [3.8, 4) is 0 Å². The van der Waals surface area contributed by atoms with Crippen molar-refractivity contribution in [3.05, 3.63) is 33.8 Å². The first kappa shape index (κ1) is 14.9. The van der Waals surface area contributed by atoms with Gasteiger partial charge in [-0.3, -0.25) is 4.79 Å². The Balaban J connectivity index is 2.78. The molecular formula is C14H18Br2O. The highest BCUT2D eigenvalue weighted by atomic mass is 79.9. The summed E-state index contributed by atoms with van der Waals surface area (Å²) in [6.45, 7) is 7.92. The van der Waals surface area contributed by atoms with Gasteiger partial charge < -0.3 is 0 Å². The lowest BCUT2D eigenvalue weighted by Crippen LogP contribution is -2.30. The van der Waals surface area contributed by atoms with Gasteiger partial charge in [-0.25, -0.2) is 0 Å². The van der Waals surface area contributed by atoms with Gasteiger partial charge in [-0.15, -0.1) is 0 Å². The second-order valence-electron chi connectivity index (χ2n) is 5.37. The zero-order valence-corrected chi connectivity index (χ0v) is 13.9. The third-order valence-electron chi connectivity index (χ3n) is 2.66. The molecule has 0 bridgehead atoms. The van der Waals surface area contributed by atoms with E-state index >= 15 is 0 Å². The third kappa shape index (κ3) is 4.22. The lowest BCUT2D eigenvalue weighted by molar-refractivity contribution is -0.125. The smallest absolute Gasteiger partial charge is 0.152 e. The van der Waals surface area contributed by atoms with E-state index in [1.54, 1.807) is 0 Å². The minimum atomic E-state index is -0.293. The number of Topliss-reactive ketones (excluding diaryl/α,β-unsaturated/α-hetero) is 1. The Hall–Kier alpha value is -0.150. The predicted octanol–water partition coefficient (Wildman–Crippen LogP) is 4.68. The largest absolute Gasteiger partial charge is 0.298 e. The van der Waals surface area contributed by atoms with Crippen molar-refractivity contribution in [1.82, 2.24) is 0 Å². The minimum Gasteiger partial charge on any atom is -0.298 e. The fraction of sp³-hybridized carbons (Fsp3) is 0.500. The Bertz CT molecular complexity index is 419. The fourth-order valence-electron chi connectivity index (χ4n) is 1.60. The molecule has 0 fully saturated rings. The Morgan fingerprint density at radius 1 is 1.35 bits per heavy atom. The van der Waals surface area contributed by atoms with E-state index in [9.17, 15) is 4.79 Å². The summed E-state index contributed by atoms with van der Waals surface area (Å²) in [5, 5.41) is 0. The van der Waals surface area contributed by atoms with Crippen LogP contribution in [0.25, 0.3) is 0 Å². The molecule has 0 aromatic heterocycles. The molecule has 1 atom stereocenters. The second-order valence-corrected chi connectivity index (χ2v) is 7.33. The quantitative estimate of drug-likeness (QED) is 0.714. The highest BCUT2D eigenvalue weighted by Crippen LogP contribution is 2.24. The van der Waals surface area contributed by atoms with Crippen LogP contribution in [0, 0.1) is 12.3 Å². The van der Waals surface area contributed by atoms with Crippen LogP contribution in [0.15, 0.2) is 22.7 Å². The average molecular weight is 362 g/mol. The molecule has 0 spiro atoms. The van der Waals surface area contributed by atoms with Gasteiger partial charge in [0.25, 0.3) is 0 Å². The summed E-state index contributed by atoms with van der Waals surface area (Å²) in [7, 11) is 0. The summed E-state index contributed by atoms with van der Waals surface area (Å²) in [6, 6.07) is 6.21. The Morgan fingerprint density at radius 2 is 1.94 bits per heavy atom. The van der Waals surface area contributed by atoms with E-state index in [0.29, 0.717) is 0 Å². The van der Waals surface area contributed by atoms with Crippen molar-refractivity contribution in [2.24, 2.45) is 5.41 Å². The van der Waals surface area contributed by atoms with Crippen LogP contribution < -0.4 is 0 Å². The number of ketones is 1.